The van der Waals surface area contributed by atoms with Crippen LogP contribution in [0.2, 0.25) is 36.3 Å². The summed E-state index contributed by atoms with van der Waals surface area (Å²) in [4.78, 5) is 0. The van der Waals surface area contributed by atoms with Crippen molar-refractivity contribution in [1.29, 1.82) is 0 Å². The molecule has 0 spiro atoms. The molecule has 6 atom stereocenters. The smallest absolute Gasteiger partial charge is 0.199 e. The molecule has 0 aromatic heterocycles. The molecule has 4 aliphatic rings. The molecule has 0 saturated carbocycles. The molecule has 0 amide bonds. The first-order chi connectivity index (χ1) is 12.3. The highest BCUT2D eigenvalue weighted by molar-refractivity contribution is 6.74. The Hall–Kier alpha value is 0.194. The number of aliphatic hydroxyl groups is 2. The van der Waals surface area contributed by atoms with E-state index in [-0.39, 0.29) is 22.9 Å². The Morgan fingerprint density at radius 2 is 1.07 bits per heavy atom. The monoisotopic (exact) mass is 432 g/mol. The van der Waals surface area contributed by atoms with Crippen LogP contribution >= 0.6 is 0 Å². The Morgan fingerprint density at radius 1 is 0.750 bits per heavy atom. The van der Waals surface area contributed by atoms with Gasteiger partial charge in [0.05, 0.1) is 12.2 Å². The van der Waals surface area contributed by atoms with Crippen molar-refractivity contribution in [3.63, 3.8) is 0 Å². The van der Waals surface area contributed by atoms with Crippen LogP contribution in [0.5, 0.6) is 0 Å². The normalized spacial score (nSPS) is 41.6. The van der Waals surface area contributed by atoms with Gasteiger partial charge in [-0.2, -0.15) is 0 Å². The number of hydrogen-bond acceptors (Lipinski definition) is 6. The van der Waals surface area contributed by atoms with Gasteiger partial charge >= 0.3 is 0 Å². The van der Waals surface area contributed by atoms with E-state index in [0.717, 1.165) is 0 Å². The van der Waals surface area contributed by atoms with Crippen LogP contribution in [-0.2, 0) is 18.3 Å². The molecule has 8 heteroatoms. The first-order valence-electron chi connectivity index (χ1n) is 10.5. The molecule has 0 radical (unpaired) electrons. The lowest BCUT2D eigenvalue weighted by atomic mass is 9.76. The van der Waals surface area contributed by atoms with Gasteiger partial charge in [0, 0.05) is 12.8 Å². The Balaban J connectivity index is 1.83. The zero-order chi connectivity index (χ0) is 21.6. The summed E-state index contributed by atoms with van der Waals surface area (Å²) in [5.41, 5.74) is 0. The van der Waals surface area contributed by atoms with E-state index in [1.165, 1.54) is 0 Å². The highest BCUT2D eigenvalue weighted by atomic mass is 28.4. The van der Waals surface area contributed by atoms with Crippen molar-refractivity contribution in [2.45, 2.75) is 127 Å². The maximum absolute atomic E-state index is 11.3. The lowest BCUT2D eigenvalue weighted by molar-refractivity contribution is -0.485. The van der Waals surface area contributed by atoms with Crippen LogP contribution in [0.1, 0.15) is 54.4 Å². The molecule has 4 fully saturated rings. The van der Waals surface area contributed by atoms with Crippen molar-refractivity contribution in [3.05, 3.63) is 0 Å². The third-order valence-electron chi connectivity index (χ3n) is 7.71. The van der Waals surface area contributed by atoms with Crippen molar-refractivity contribution >= 4 is 16.6 Å². The van der Waals surface area contributed by atoms with E-state index in [1.54, 1.807) is 0 Å². The quantitative estimate of drug-likeness (QED) is 0.659. The molecule has 164 valence electrons. The van der Waals surface area contributed by atoms with Gasteiger partial charge in [-0.1, -0.05) is 41.5 Å². The van der Waals surface area contributed by atoms with Gasteiger partial charge in [0.15, 0.2) is 28.2 Å². The van der Waals surface area contributed by atoms with Crippen molar-refractivity contribution < 1.29 is 28.5 Å². The Labute approximate surface area is 172 Å². The van der Waals surface area contributed by atoms with Gasteiger partial charge in [-0.05, 0) is 36.3 Å². The molecule has 0 aliphatic carbocycles. The first kappa shape index (κ1) is 22.9. The predicted molar refractivity (Wildman–Crippen MR) is 113 cm³/mol. The molecule has 4 aliphatic heterocycles. The molecule has 4 saturated heterocycles. The van der Waals surface area contributed by atoms with E-state index in [0.29, 0.717) is 0 Å². The van der Waals surface area contributed by atoms with Crippen LogP contribution in [-0.4, -0.2) is 62.8 Å². The SMILES string of the molecule is CC(C)(C)[Si](C)(C)O[C@@H]1[C@@H]2C[C@]3(O)O[C@@]1(O)C[C@H](O2)[C@H]3O[Si](C)(C)C(C)(C)C. The number of hydrogen-bond donors (Lipinski definition) is 2. The second kappa shape index (κ2) is 6.35. The van der Waals surface area contributed by atoms with E-state index in [2.05, 4.69) is 67.7 Å². The van der Waals surface area contributed by atoms with Crippen LogP contribution in [0.25, 0.3) is 0 Å². The average Bonchev–Trinajstić information content (AvgIpc) is 2.42. The van der Waals surface area contributed by atoms with Gasteiger partial charge in [-0.25, -0.2) is 0 Å². The minimum atomic E-state index is -2.14. The van der Waals surface area contributed by atoms with Gasteiger partial charge in [0.1, 0.15) is 12.2 Å². The Bertz CT molecular complexity index is 573. The fraction of sp³-hybridized carbons (Fsp3) is 1.00. The van der Waals surface area contributed by atoms with Gasteiger partial charge in [-0.15, -0.1) is 0 Å². The summed E-state index contributed by atoms with van der Waals surface area (Å²) in [6, 6.07) is 0. The van der Waals surface area contributed by atoms with Crippen molar-refractivity contribution in [1.82, 2.24) is 0 Å². The molecule has 6 nitrogen and oxygen atoms in total. The molecular weight excluding hydrogens is 392 g/mol. The molecule has 2 N–H and O–H groups in total. The number of ether oxygens (including phenoxy) is 2. The zero-order valence-corrected chi connectivity index (χ0v) is 21.3. The van der Waals surface area contributed by atoms with Crippen LogP contribution in [0.4, 0.5) is 0 Å². The lowest BCUT2D eigenvalue weighted by Gasteiger charge is -2.64. The molecule has 0 unspecified atom stereocenters. The van der Waals surface area contributed by atoms with Gasteiger partial charge in [0.25, 0.3) is 0 Å². The largest absolute Gasteiger partial charge is 0.406 e. The fourth-order valence-corrected chi connectivity index (χ4v) is 6.55. The van der Waals surface area contributed by atoms with E-state index in [4.69, 9.17) is 18.3 Å². The van der Waals surface area contributed by atoms with Crippen LogP contribution in [0.3, 0.4) is 0 Å². The predicted octanol–water partition coefficient (Wildman–Crippen LogP) is 3.74. The third-order valence-corrected chi connectivity index (χ3v) is 16.6. The van der Waals surface area contributed by atoms with E-state index in [9.17, 15) is 10.2 Å². The summed E-state index contributed by atoms with van der Waals surface area (Å²) in [7, 11) is -4.29. The molecule has 4 rings (SSSR count). The molecular formula is C20H40O6Si2. The summed E-state index contributed by atoms with van der Waals surface area (Å²) in [5.74, 6) is -3.08. The van der Waals surface area contributed by atoms with Crippen molar-refractivity contribution in [2.24, 2.45) is 0 Å². The molecule has 0 aromatic carbocycles. The van der Waals surface area contributed by atoms with Crippen LogP contribution in [0.15, 0.2) is 0 Å². The average molecular weight is 433 g/mol. The summed E-state index contributed by atoms with van der Waals surface area (Å²) in [6.45, 7) is 21.6. The topological polar surface area (TPSA) is 77.4 Å². The molecule has 28 heavy (non-hydrogen) atoms. The van der Waals surface area contributed by atoms with Crippen molar-refractivity contribution in [2.75, 3.05) is 0 Å². The van der Waals surface area contributed by atoms with Crippen molar-refractivity contribution in [3.8, 4) is 0 Å². The van der Waals surface area contributed by atoms with Gasteiger partial charge in [-0.3, -0.25) is 0 Å². The highest BCUT2D eigenvalue weighted by Crippen LogP contribution is 2.55. The molecule has 0 aromatic rings. The summed E-state index contributed by atoms with van der Waals surface area (Å²) < 4.78 is 25.3. The fourth-order valence-electron chi connectivity index (χ4n) is 3.90. The molecule has 4 bridgehead atoms. The Kier molecular flexibility index (Phi) is 5.19. The second-order valence-corrected chi connectivity index (χ2v) is 21.5. The third kappa shape index (κ3) is 3.58. The lowest BCUT2D eigenvalue weighted by Crippen LogP contribution is -2.80. The first-order valence-corrected chi connectivity index (χ1v) is 16.3. The van der Waals surface area contributed by atoms with Gasteiger partial charge in [0.2, 0.25) is 0 Å². The zero-order valence-electron chi connectivity index (χ0n) is 19.3. The molecule has 4 heterocycles. The van der Waals surface area contributed by atoms with Gasteiger partial charge < -0.3 is 28.5 Å². The van der Waals surface area contributed by atoms with Crippen LogP contribution in [0, 0.1) is 0 Å². The minimum Gasteiger partial charge on any atom is -0.406 e. The summed E-state index contributed by atoms with van der Waals surface area (Å²) in [5, 5.41) is 22.7. The van der Waals surface area contributed by atoms with E-state index in [1.807, 2.05) is 0 Å². The highest BCUT2D eigenvalue weighted by Gasteiger charge is 2.71. The van der Waals surface area contributed by atoms with E-state index < -0.39 is 52.6 Å². The number of rotatable bonds is 4. The Morgan fingerprint density at radius 3 is 1.32 bits per heavy atom. The maximum Gasteiger partial charge on any atom is 0.199 e. The summed E-state index contributed by atoms with van der Waals surface area (Å²) in [6.07, 6.45) is -1.45. The van der Waals surface area contributed by atoms with Crippen LogP contribution < -0.4 is 0 Å². The maximum atomic E-state index is 11.3. The standard InChI is InChI=1S/C20H40O6Si2/c1-17(2,3)27(7,8)24-15-13-11-20(22)16(25-28(9,10)18(4,5)6)14(23-13)12-19(15,21)26-20/h13-16,21-22H,11-12H2,1-10H3/t13-,14-,15+,16+,19-,20-/m0/s1. The van der Waals surface area contributed by atoms with E-state index >= 15 is 0 Å². The minimum absolute atomic E-state index is 0.00288. The second-order valence-electron chi connectivity index (χ2n) is 12.0. The summed E-state index contributed by atoms with van der Waals surface area (Å²) >= 11 is 0.